The standard InChI is InChI=1S/C26H30ClN5O4/c1-13(2)32-24-18(12-29-32)21(26(34)28-11-17-14(3)9-15(4)30-25(17)33)22(27)23(31-24)16-5-6-19-20(10-16)36-8-7-35-19/h5-6,10,12-15,17H,7-9,11H2,1-4H3,(H,28,34)(H,30,33). The van der Waals surface area contributed by atoms with Crippen LogP contribution in [0.5, 0.6) is 11.5 Å². The third-order valence-electron chi connectivity index (χ3n) is 6.84. The number of ether oxygens (including phenoxy) is 2. The summed E-state index contributed by atoms with van der Waals surface area (Å²) in [6.07, 6.45) is 2.48. The van der Waals surface area contributed by atoms with Crippen LogP contribution in [0.1, 0.15) is 50.5 Å². The number of nitrogens with zero attached hydrogens (tertiary/aromatic N) is 3. The number of halogens is 1. The molecule has 4 heterocycles. The summed E-state index contributed by atoms with van der Waals surface area (Å²) >= 11 is 6.88. The van der Waals surface area contributed by atoms with Crippen LogP contribution >= 0.6 is 11.6 Å². The molecule has 190 valence electrons. The number of rotatable bonds is 5. The van der Waals surface area contributed by atoms with Crippen LogP contribution in [-0.4, -0.2) is 52.4 Å². The van der Waals surface area contributed by atoms with E-state index in [1.165, 1.54) is 0 Å². The van der Waals surface area contributed by atoms with Crippen molar-refractivity contribution in [3.63, 3.8) is 0 Å². The summed E-state index contributed by atoms with van der Waals surface area (Å²) in [6, 6.07) is 5.63. The quantitative estimate of drug-likeness (QED) is 0.536. The molecule has 1 saturated heterocycles. The van der Waals surface area contributed by atoms with Gasteiger partial charge in [-0.2, -0.15) is 5.10 Å². The topological polar surface area (TPSA) is 107 Å². The van der Waals surface area contributed by atoms with E-state index in [1.54, 1.807) is 10.9 Å². The predicted molar refractivity (Wildman–Crippen MR) is 137 cm³/mol. The molecule has 2 aliphatic heterocycles. The lowest BCUT2D eigenvalue weighted by molar-refractivity contribution is -0.129. The van der Waals surface area contributed by atoms with Crippen molar-refractivity contribution in [3.8, 4) is 22.8 Å². The molecule has 5 rings (SSSR count). The Morgan fingerprint density at radius 3 is 2.72 bits per heavy atom. The second kappa shape index (κ2) is 9.61. The molecule has 0 bridgehead atoms. The Bertz CT molecular complexity index is 1340. The number of amides is 2. The molecule has 3 atom stereocenters. The zero-order valence-corrected chi connectivity index (χ0v) is 21.6. The van der Waals surface area contributed by atoms with Gasteiger partial charge in [0.25, 0.3) is 5.91 Å². The summed E-state index contributed by atoms with van der Waals surface area (Å²) in [4.78, 5) is 30.9. The SMILES string of the molecule is CC1CC(C)C(CNC(=O)c2c(Cl)c(-c3ccc4c(c3)OCCO4)nc3c2cnn3C(C)C)C(=O)N1. The van der Waals surface area contributed by atoms with Gasteiger partial charge in [-0.15, -0.1) is 0 Å². The van der Waals surface area contributed by atoms with Crippen molar-refractivity contribution < 1.29 is 19.1 Å². The Kier molecular flexibility index (Phi) is 6.51. The maximum Gasteiger partial charge on any atom is 0.253 e. The van der Waals surface area contributed by atoms with E-state index in [-0.39, 0.29) is 52.9 Å². The van der Waals surface area contributed by atoms with Gasteiger partial charge in [-0.1, -0.05) is 18.5 Å². The highest BCUT2D eigenvalue weighted by Crippen LogP contribution is 2.39. The lowest BCUT2D eigenvalue weighted by Gasteiger charge is -2.32. The lowest BCUT2D eigenvalue weighted by Crippen LogP contribution is -2.50. The van der Waals surface area contributed by atoms with Crippen molar-refractivity contribution in [2.75, 3.05) is 19.8 Å². The normalized spacial score (nSPS) is 21.5. The van der Waals surface area contributed by atoms with Crippen LogP contribution < -0.4 is 20.1 Å². The summed E-state index contributed by atoms with van der Waals surface area (Å²) < 4.78 is 13.1. The van der Waals surface area contributed by atoms with Crippen molar-refractivity contribution in [1.29, 1.82) is 0 Å². The molecule has 36 heavy (non-hydrogen) atoms. The minimum atomic E-state index is -0.367. The number of hydrogen-bond acceptors (Lipinski definition) is 6. The maximum atomic E-state index is 13.6. The first-order valence-electron chi connectivity index (χ1n) is 12.3. The Balaban J connectivity index is 1.54. The van der Waals surface area contributed by atoms with Gasteiger partial charge in [-0.05, 0) is 51.3 Å². The second-order valence-corrected chi connectivity index (χ2v) is 10.2. The number of piperidine rings is 1. The number of carbonyl (C=O) groups excluding carboxylic acids is 2. The van der Waals surface area contributed by atoms with E-state index in [1.807, 2.05) is 45.9 Å². The fourth-order valence-corrected chi connectivity index (χ4v) is 5.33. The number of aromatic nitrogens is 3. The zero-order chi connectivity index (χ0) is 25.6. The predicted octanol–water partition coefficient (Wildman–Crippen LogP) is 3.99. The Morgan fingerprint density at radius 2 is 2.00 bits per heavy atom. The van der Waals surface area contributed by atoms with Crippen LogP contribution in [0.3, 0.4) is 0 Å². The van der Waals surface area contributed by atoms with E-state index >= 15 is 0 Å². The smallest absolute Gasteiger partial charge is 0.253 e. The summed E-state index contributed by atoms with van der Waals surface area (Å²) in [5.41, 5.74) is 2.00. The molecule has 2 aliphatic rings. The van der Waals surface area contributed by atoms with Crippen molar-refractivity contribution in [2.45, 2.75) is 46.2 Å². The van der Waals surface area contributed by atoms with E-state index in [0.717, 1.165) is 6.42 Å². The molecule has 9 nitrogen and oxygen atoms in total. The minimum absolute atomic E-state index is 0.0222. The molecule has 0 saturated carbocycles. The highest BCUT2D eigenvalue weighted by Gasteiger charge is 2.33. The first-order valence-corrected chi connectivity index (χ1v) is 12.7. The Hall–Kier alpha value is -3.33. The molecule has 2 amide bonds. The van der Waals surface area contributed by atoms with Gasteiger partial charge in [0.05, 0.1) is 33.8 Å². The zero-order valence-electron chi connectivity index (χ0n) is 20.8. The molecule has 1 fully saturated rings. The third kappa shape index (κ3) is 4.36. The third-order valence-corrected chi connectivity index (χ3v) is 7.20. The number of nitrogens with one attached hydrogen (secondary N) is 2. The molecule has 10 heteroatoms. The molecule has 2 N–H and O–H groups in total. The average Bonchev–Trinajstić information content (AvgIpc) is 3.26. The summed E-state index contributed by atoms with van der Waals surface area (Å²) in [6.45, 7) is 9.18. The fourth-order valence-electron chi connectivity index (χ4n) is 4.99. The van der Waals surface area contributed by atoms with Crippen LogP contribution in [0.4, 0.5) is 0 Å². The van der Waals surface area contributed by atoms with Crippen molar-refractivity contribution >= 4 is 34.4 Å². The van der Waals surface area contributed by atoms with E-state index in [2.05, 4.69) is 15.7 Å². The monoisotopic (exact) mass is 511 g/mol. The molecule has 0 radical (unpaired) electrons. The number of hydrogen-bond donors (Lipinski definition) is 2. The molecular formula is C26H30ClN5O4. The number of benzene rings is 1. The second-order valence-electron chi connectivity index (χ2n) is 9.87. The van der Waals surface area contributed by atoms with Crippen LogP contribution in [0.25, 0.3) is 22.3 Å². The van der Waals surface area contributed by atoms with Crippen LogP contribution in [0.2, 0.25) is 5.02 Å². The average molecular weight is 512 g/mol. The van der Waals surface area contributed by atoms with Gasteiger partial charge in [-0.3, -0.25) is 9.59 Å². The minimum Gasteiger partial charge on any atom is -0.486 e. The molecule has 1 aromatic carbocycles. The van der Waals surface area contributed by atoms with Gasteiger partial charge in [0, 0.05) is 24.2 Å². The summed E-state index contributed by atoms with van der Waals surface area (Å²) in [5.74, 6) is 0.689. The lowest BCUT2D eigenvalue weighted by atomic mass is 9.84. The van der Waals surface area contributed by atoms with Crippen molar-refractivity contribution in [1.82, 2.24) is 25.4 Å². The van der Waals surface area contributed by atoms with Crippen molar-refractivity contribution in [3.05, 3.63) is 35.0 Å². The van der Waals surface area contributed by atoms with Crippen LogP contribution in [0, 0.1) is 11.8 Å². The summed E-state index contributed by atoms with van der Waals surface area (Å²) in [5, 5.41) is 11.2. The maximum absolute atomic E-state index is 13.6. The highest BCUT2D eigenvalue weighted by atomic mass is 35.5. The van der Waals surface area contributed by atoms with Crippen molar-refractivity contribution in [2.24, 2.45) is 11.8 Å². The molecule has 2 aromatic heterocycles. The summed E-state index contributed by atoms with van der Waals surface area (Å²) in [7, 11) is 0. The number of fused-ring (bicyclic) bond motifs is 2. The van der Waals surface area contributed by atoms with Gasteiger partial charge < -0.3 is 20.1 Å². The highest BCUT2D eigenvalue weighted by molar-refractivity contribution is 6.38. The molecule has 3 unspecified atom stereocenters. The van der Waals surface area contributed by atoms with Gasteiger partial charge in [-0.25, -0.2) is 9.67 Å². The van der Waals surface area contributed by atoms with E-state index in [4.69, 9.17) is 26.1 Å². The largest absolute Gasteiger partial charge is 0.486 e. The van der Waals surface area contributed by atoms with Gasteiger partial charge >= 0.3 is 0 Å². The molecule has 0 spiro atoms. The molecular weight excluding hydrogens is 482 g/mol. The Labute approximate surface area is 214 Å². The fraction of sp³-hybridized carbons (Fsp3) is 0.462. The van der Waals surface area contributed by atoms with E-state index in [9.17, 15) is 9.59 Å². The van der Waals surface area contributed by atoms with Gasteiger partial charge in [0.1, 0.15) is 13.2 Å². The van der Waals surface area contributed by atoms with E-state index in [0.29, 0.717) is 47.0 Å². The number of carbonyl (C=O) groups is 2. The molecule has 3 aromatic rings. The number of pyridine rings is 1. The first-order chi connectivity index (χ1) is 17.2. The van der Waals surface area contributed by atoms with E-state index < -0.39 is 0 Å². The van der Waals surface area contributed by atoms with Gasteiger partial charge in [0.15, 0.2) is 17.1 Å². The Morgan fingerprint density at radius 1 is 1.25 bits per heavy atom. The first kappa shape index (κ1) is 24.4. The van der Waals surface area contributed by atoms with Crippen LogP contribution in [0.15, 0.2) is 24.4 Å². The van der Waals surface area contributed by atoms with Crippen LogP contribution in [-0.2, 0) is 4.79 Å². The van der Waals surface area contributed by atoms with Gasteiger partial charge in [0.2, 0.25) is 5.91 Å². The molecule has 0 aliphatic carbocycles.